The average molecular weight is 715 g/mol. The summed E-state index contributed by atoms with van der Waals surface area (Å²) in [7, 11) is 0. The van der Waals surface area contributed by atoms with Crippen LogP contribution in [0.1, 0.15) is 47.8 Å². The van der Waals surface area contributed by atoms with Crippen molar-refractivity contribution in [2.45, 2.75) is 44.3 Å². The molecule has 53 heavy (non-hydrogen) atoms. The van der Waals surface area contributed by atoms with Crippen LogP contribution in [0.15, 0.2) is 88.8 Å². The molecule has 5 heterocycles. The zero-order chi connectivity index (χ0) is 36.6. The number of imidazole rings is 1. The van der Waals surface area contributed by atoms with E-state index in [0.717, 1.165) is 61.6 Å². The van der Waals surface area contributed by atoms with Gasteiger partial charge in [0, 0.05) is 12.4 Å². The van der Waals surface area contributed by atoms with E-state index in [4.69, 9.17) is 0 Å². The molecule has 1 amide bonds. The molecule has 0 bridgehead atoms. The van der Waals surface area contributed by atoms with E-state index in [0.29, 0.717) is 37.0 Å². The van der Waals surface area contributed by atoms with E-state index in [2.05, 4.69) is 50.2 Å². The van der Waals surface area contributed by atoms with Crippen LogP contribution in [-0.2, 0) is 6.54 Å². The first-order valence-corrected chi connectivity index (χ1v) is 17.8. The zero-order valence-corrected chi connectivity index (χ0v) is 29.0. The number of hydrogen-bond acceptors (Lipinski definition) is 7. The van der Waals surface area contributed by atoms with Gasteiger partial charge in [0.05, 0.1) is 0 Å². The van der Waals surface area contributed by atoms with Crippen molar-refractivity contribution < 1.29 is 13.6 Å². The summed E-state index contributed by atoms with van der Waals surface area (Å²) >= 11 is 0. The Morgan fingerprint density at radius 2 is 1.77 bits per heavy atom. The second kappa shape index (κ2) is 14.4. The van der Waals surface area contributed by atoms with Gasteiger partial charge < -0.3 is 9.72 Å². The summed E-state index contributed by atoms with van der Waals surface area (Å²) in [6, 6.07) is 17.0. The summed E-state index contributed by atoms with van der Waals surface area (Å²) in [6.45, 7) is 10.6. The third-order valence-corrected chi connectivity index (χ3v) is 10.3. The number of fused-ring (bicyclic) bond motifs is 2. The van der Waals surface area contributed by atoms with Crippen molar-refractivity contribution in [2.75, 3.05) is 26.2 Å². The van der Waals surface area contributed by atoms with Crippen LogP contribution in [0.4, 0.5) is 8.78 Å². The summed E-state index contributed by atoms with van der Waals surface area (Å²) in [6.07, 6.45) is 5.57. The summed E-state index contributed by atoms with van der Waals surface area (Å²) in [5, 5.41) is 6.37. The van der Waals surface area contributed by atoms with Gasteiger partial charge in [0.1, 0.15) is 17.2 Å². The maximum atomic E-state index is 14.6. The third kappa shape index (κ3) is 6.87. The Morgan fingerprint density at radius 1 is 0.962 bits per heavy atom. The molecule has 0 radical (unpaired) electrons. The molecule has 1 aliphatic heterocycles. The second-order valence-corrected chi connectivity index (χ2v) is 13.7. The van der Waals surface area contributed by atoms with Gasteiger partial charge in [0.15, 0.2) is 0 Å². The first-order chi connectivity index (χ1) is 25.7. The van der Waals surface area contributed by atoms with Crippen LogP contribution < -0.4 is 27.3 Å². The van der Waals surface area contributed by atoms with E-state index in [1.54, 1.807) is 6.07 Å². The van der Waals surface area contributed by atoms with Crippen LogP contribution in [0.3, 0.4) is 0 Å². The van der Waals surface area contributed by atoms with Gasteiger partial charge in [0.25, 0.3) is 5.91 Å². The molecule has 1 aliphatic carbocycles. The number of carbonyl (C=O) groups excluding carboxylic acids is 1. The predicted molar refractivity (Wildman–Crippen MR) is 202 cm³/mol. The quantitative estimate of drug-likeness (QED) is 0.233. The van der Waals surface area contributed by atoms with Gasteiger partial charge in [0.2, 0.25) is 0 Å². The van der Waals surface area contributed by atoms with Crippen LogP contribution in [0.2, 0.25) is 0 Å². The summed E-state index contributed by atoms with van der Waals surface area (Å²) < 4.78 is 32.3. The molecule has 6 aromatic rings. The van der Waals surface area contributed by atoms with Crippen molar-refractivity contribution in [1.29, 1.82) is 0 Å². The van der Waals surface area contributed by atoms with Crippen LogP contribution in [0, 0.1) is 11.6 Å². The number of nitrogens with one attached hydrogen (secondary N) is 2. The number of hydrogen-bond donors (Lipinski definition) is 2. The standard InChI is InChI=1S/C39H37BF2N8O3/c1-40-33-17-24(21-47-15-13-43-14-16-47)5-11-31(33)25-3-2-4-30(18-25)49-36-32(19-27(42)20-44-36)38(52)50(39(49)53)29-9-7-28(8-10-29)45-37(51)34-23-48-22-26(41)6-12-35(48)46-34/h2-6,11-12,17-20,22-23,28-29,43H,1,7-10,13-16,21H2,(H,45,51). The zero-order valence-electron chi connectivity index (χ0n) is 29.0. The number of benzene rings is 2. The van der Waals surface area contributed by atoms with Crippen molar-refractivity contribution in [3.63, 3.8) is 0 Å². The van der Waals surface area contributed by atoms with E-state index in [9.17, 15) is 23.2 Å². The number of amides is 1. The Labute approximate surface area is 303 Å². The Kier molecular flexibility index (Phi) is 9.39. The van der Waals surface area contributed by atoms with Crippen molar-refractivity contribution >= 4 is 41.4 Å². The summed E-state index contributed by atoms with van der Waals surface area (Å²) in [5.41, 5.74) is 3.90. The predicted octanol–water partition coefficient (Wildman–Crippen LogP) is 3.22. The molecule has 14 heteroatoms. The molecule has 0 spiro atoms. The van der Waals surface area contributed by atoms with Crippen LogP contribution >= 0.6 is 0 Å². The van der Waals surface area contributed by atoms with E-state index in [-0.39, 0.29) is 22.8 Å². The molecule has 0 atom stereocenters. The van der Waals surface area contributed by atoms with E-state index < -0.39 is 34.8 Å². The molecule has 268 valence electrons. The Balaban J connectivity index is 1.08. The average Bonchev–Trinajstić information content (AvgIpc) is 3.60. The molecule has 2 N–H and O–H groups in total. The number of halogens is 2. The van der Waals surface area contributed by atoms with Gasteiger partial charge in [-0.05, 0) is 12.1 Å². The second-order valence-electron chi connectivity index (χ2n) is 13.7. The first-order valence-electron chi connectivity index (χ1n) is 17.8. The van der Waals surface area contributed by atoms with Gasteiger partial charge in [-0.25, -0.2) is 9.37 Å². The van der Waals surface area contributed by atoms with E-state index in [1.165, 1.54) is 43.6 Å². The Morgan fingerprint density at radius 3 is 2.57 bits per heavy atom. The molecule has 8 rings (SSSR count). The van der Waals surface area contributed by atoms with Crippen LogP contribution in [0.25, 0.3) is 33.5 Å². The SMILES string of the molecule is C=Bc1cc(CN2CCNCC2)ccc1-c1cccc(-n2c(=O)n(C3CCC(NC(=O)c4cn5cc(F)ccc5n4)CC3)c(=O)c3cc(F)cnc32)c1. The number of rotatable bonds is 8. The fourth-order valence-corrected chi connectivity index (χ4v) is 7.63. The fraction of sp³-hybridized carbons (Fsp3) is 0.282. The molecular formula is C39H37BF2N8O3. The van der Waals surface area contributed by atoms with Gasteiger partial charge in [-0.1, -0.05) is 0 Å². The van der Waals surface area contributed by atoms with Crippen LogP contribution in [-0.4, -0.2) is 79.9 Å². The molecule has 11 nitrogen and oxygen atoms in total. The number of nitrogens with zero attached hydrogens (tertiary/aromatic N) is 6. The van der Waals surface area contributed by atoms with E-state index >= 15 is 0 Å². The minimum absolute atomic E-state index is 0.00207. The Bertz CT molecular complexity index is 2500. The monoisotopic (exact) mass is 714 g/mol. The van der Waals surface area contributed by atoms with Gasteiger partial charge >= 0.3 is 233 Å². The fourth-order valence-electron chi connectivity index (χ4n) is 7.63. The summed E-state index contributed by atoms with van der Waals surface area (Å²) in [4.78, 5) is 52.3. The van der Waals surface area contributed by atoms with Crippen molar-refractivity contribution in [2.24, 2.45) is 0 Å². The normalized spacial score (nSPS) is 17.9. The number of carbonyl (C=O) groups is 1. The van der Waals surface area contributed by atoms with Crippen molar-refractivity contribution in [3.8, 4) is 16.8 Å². The molecule has 1 saturated carbocycles. The molecule has 1 saturated heterocycles. The third-order valence-electron chi connectivity index (χ3n) is 10.3. The topological polar surface area (TPSA) is 119 Å². The van der Waals surface area contributed by atoms with Gasteiger partial charge in [-0.15, -0.1) is 0 Å². The minimum atomic E-state index is -0.683. The number of pyridine rings is 2. The van der Waals surface area contributed by atoms with E-state index in [1.807, 2.05) is 25.1 Å². The molecule has 2 fully saturated rings. The van der Waals surface area contributed by atoms with Crippen molar-refractivity contribution in [3.05, 3.63) is 123 Å². The van der Waals surface area contributed by atoms with Gasteiger partial charge in [-0.3, -0.25) is 4.79 Å². The summed E-state index contributed by atoms with van der Waals surface area (Å²) in [5.74, 6) is -1.52. The molecule has 2 aliphatic rings. The number of piperazine rings is 1. The number of aromatic nitrogens is 5. The maximum absolute atomic E-state index is 14.6. The van der Waals surface area contributed by atoms with Gasteiger partial charge in [-0.2, -0.15) is 0 Å². The Hall–Kier alpha value is -5.60. The molecule has 0 unspecified atom stereocenters. The van der Waals surface area contributed by atoms with Crippen LogP contribution in [0.5, 0.6) is 0 Å². The molecule has 2 aromatic carbocycles. The van der Waals surface area contributed by atoms with Crippen molar-refractivity contribution in [1.82, 2.24) is 39.0 Å². The molecular weight excluding hydrogens is 677 g/mol. The molecule has 4 aromatic heterocycles. The first kappa shape index (κ1) is 34.5.